The first-order valence-corrected chi connectivity index (χ1v) is 12.2. The summed E-state index contributed by atoms with van der Waals surface area (Å²) in [6.07, 6.45) is 0. The van der Waals surface area contributed by atoms with Crippen molar-refractivity contribution in [2.24, 2.45) is 5.92 Å². The molecule has 4 rings (SSSR count). The zero-order valence-corrected chi connectivity index (χ0v) is 21.7. The van der Waals surface area contributed by atoms with Crippen LogP contribution in [0.15, 0.2) is 58.1 Å². The van der Waals surface area contributed by atoms with Crippen molar-refractivity contribution in [1.29, 1.82) is 0 Å². The molecule has 2 N–H and O–H groups in total. The molecule has 0 atom stereocenters. The topological polar surface area (TPSA) is 120 Å². The van der Waals surface area contributed by atoms with Crippen LogP contribution in [0.3, 0.4) is 0 Å². The summed E-state index contributed by atoms with van der Waals surface area (Å²) in [5.74, 6) is -0.328. The van der Waals surface area contributed by atoms with E-state index in [1.54, 1.807) is 12.1 Å². The third kappa shape index (κ3) is 5.63. The third-order valence-corrected chi connectivity index (χ3v) is 5.70. The van der Waals surface area contributed by atoms with Gasteiger partial charge in [-0.2, -0.15) is 0 Å². The van der Waals surface area contributed by atoms with E-state index >= 15 is 0 Å². The summed E-state index contributed by atoms with van der Waals surface area (Å²) in [4.78, 5) is 52.4. The second-order valence-corrected chi connectivity index (χ2v) is 10.6. The average Bonchev–Trinajstić information content (AvgIpc) is 3.14. The SMILES string of the molecule is CC(C)CNC(=O)c1ccc2c(=O)n(Cc3ccccc3)c3nn(CC(=O)NC(C)(C)C)c(=O)n3c2c1. The van der Waals surface area contributed by atoms with E-state index < -0.39 is 11.2 Å². The van der Waals surface area contributed by atoms with Crippen LogP contribution in [-0.4, -0.2) is 42.6 Å². The summed E-state index contributed by atoms with van der Waals surface area (Å²) in [7, 11) is 0. The largest absolute Gasteiger partial charge is 0.352 e. The molecule has 2 aromatic carbocycles. The fourth-order valence-electron chi connectivity index (χ4n) is 4.06. The van der Waals surface area contributed by atoms with Crippen LogP contribution in [0.5, 0.6) is 0 Å². The van der Waals surface area contributed by atoms with Crippen molar-refractivity contribution in [2.75, 3.05) is 6.54 Å². The van der Waals surface area contributed by atoms with Gasteiger partial charge in [0.15, 0.2) is 0 Å². The molecular formula is C27H32N6O4. The van der Waals surface area contributed by atoms with Crippen molar-refractivity contribution in [3.05, 3.63) is 80.5 Å². The number of carbonyl (C=O) groups excluding carboxylic acids is 2. The summed E-state index contributed by atoms with van der Waals surface area (Å²) >= 11 is 0. The molecule has 10 nitrogen and oxygen atoms in total. The van der Waals surface area contributed by atoms with Gasteiger partial charge >= 0.3 is 5.69 Å². The molecule has 37 heavy (non-hydrogen) atoms. The number of hydrogen-bond donors (Lipinski definition) is 2. The molecular weight excluding hydrogens is 472 g/mol. The maximum atomic E-state index is 13.6. The van der Waals surface area contributed by atoms with Crippen molar-refractivity contribution in [3.63, 3.8) is 0 Å². The maximum absolute atomic E-state index is 13.6. The number of nitrogens with zero attached hydrogens (tertiary/aromatic N) is 4. The molecule has 0 saturated carbocycles. The highest BCUT2D eigenvalue weighted by molar-refractivity contribution is 5.98. The fraction of sp³-hybridized carbons (Fsp3) is 0.370. The summed E-state index contributed by atoms with van der Waals surface area (Å²) < 4.78 is 3.75. The van der Waals surface area contributed by atoms with E-state index in [1.807, 2.05) is 65.0 Å². The van der Waals surface area contributed by atoms with Crippen LogP contribution in [0.1, 0.15) is 50.5 Å². The van der Waals surface area contributed by atoms with Crippen LogP contribution in [0.4, 0.5) is 0 Å². The number of fused-ring (bicyclic) bond motifs is 3. The minimum atomic E-state index is -0.578. The number of benzene rings is 2. The summed E-state index contributed by atoms with van der Waals surface area (Å²) in [5.41, 5.74) is 0.0133. The van der Waals surface area contributed by atoms with Crippen molar-refractivity contribution in [3.8, 4) is 0 Å². The van der Waals surface area contributed by atoms with Crippen LogP contribution >= 0.6 is 0 Å². The van der Waals surface area contributed by atoms with Gasteiger partial charge in [-0.3, -0.25) is 19.0 Å². The van der Waals surface area contributed by atoms with Crippen LogP contribution in [-0.2, 0) is 17.9 Å². The van der Waals surface area contributed by atoms with E-state index in [1.165, 1.54) is 15.0 Å². The number of rotatable bonds is 7. The Morgan fingerprint density at radius 2 is 1.73 bits per heavy atom. The van der Waals surface area contributed by atoms with E-state index in [4.69, 9.17) is 0 Å². The third-order valence-electron chi connectivity index (χ3n) is 5.70. The van der Waals surface area contributed by atoms with E-state index in [-0.39, 0.29) is 53.1 Å². The molecule has 0 fully saturated rings. The first-order valence-electron chi connectivity index (χ1n) is 12.2. The molecule has 0 unspecified atom stereocenters. The summed E-state index contributed by atoms with van der Waals surface area (Å²) in [6, 6.07) is 14.0. The summed E-state index contributed by atoms with van der Waals surface area (Å²) in [5, 5.41) is 10.3. The lowest BCUT2D eigenvalue weighted by Gasteiger charge is -2.20. The van der Waals surface area contributed by atoms with Gasteiger partial charge in [0.2, 0.25) is 11.7 Å². The second kappa shape index (κ2) is 10.0. The number of amides is 2. The molecule has 0 aliphatic heterocycles. The molecule has 4 aromatic rings. The molecule has 2 amide bonds. The number of carbonyl (C=O) groups is 2. The van der Waals surface area contributed by atoms with Gasteiger partial charge in [-0.05, 0) is 50.5 Å². The minimum Gasteiger partial charge on any atom is -0.352 e. The molecule has 10 heteroatoms. The normalized spacial score (nSPS) is 11.8. The quantitative estimate of drug-likeness (QED) is 0.400. The Morgan fingerprint density at radius 1 is 1.03 bits per heavy atom. The van der Waals surface area contributed by atoms with Gasteiger partial charge in [-0.1, -0.05) is 44.2 Å². The molecule has 2 heterocycles. The van der Waals surface area contributed by atoms with Crippen molar-refractivity contribution in [1.82, 2.24) is 29.4 Å². The van der Waals surface area contributed by atoms with Gasteiger partial charge in [0.05, 0.1) is 17.4 Å². The van der Waals surface area contributed by atoms with Crippen molar-refractivity contribution >= 4 is 28.5 Å². The Kier molecular flexibility index (Phi) is 7.02. The van der Waals surface area contributed by atoms with Crippen LogP contribution < -0.4 is 21.9 Å². The van der Waals surface area contributed by atoms with Gasteiger partial charge in [0.25, 0.3) is 11.5 Å². The van der Waals surface area contributed by atoms with Crippen LogP contribution in [0.2, 0.25) is 0 Å². The van der Waals surface area contributed by atoms with E-state index in [9.17, 15) is 19.2 Å². The Hall–Kier alpha value is -4.21. The summed E-state index contributed by atoms with van der Waals surface area (Å²) in [6.45, 7) is 9.86. The van der Waals surface area contributed by atoms with E-state index in [2.05, 4.69) is 15.7 Å². The maximum Gasteiger partial charge on any atom is 0.352 e. The van der Waals surface area contributed by atoms with Gasteiger partial charge in [0, 0.05) is 17.6 Å². The first-order chi connectivity index (χ1) is 17.4. The highest BCUT2D eigenvalue weighted by Gasteiger charge is 2.21. The molecule has 0 aliphatic rings. The van der Waals surface area contributed by atoms with E-state index in [0.717, 1.165) is 10.2 Å². The lowest BCUT2D eigenvalue weighted by Crippen LogP contribution is -2.43. The molecule has 194 valence electrons. The molecule has 0 radical (unpaired) electrons. The monoisotopic (exact) mass is 504 g/mol. The first kappa shape index (κ1) is 25.9. The molecule has 0 saturated heterocycles. The average molecular weight is 505 g/mol. The minimum absolute atomic E-state index is 0.0923. The van der Waals surface area contributed by atoms with Crippen LogP contribution in [0.25, 0.3) is 16.7 Å². The Bertz CT molecular complexity index is 1590. The Balaban J connectivity index is 1.91. The van der Waals surface area contributed by atoms with Gasteiger partial charge in [-0.25, -0.2) is 13.9 Å². The van der Waals surface area contributed by atoms with Crippen LogP contribution in [0, 0.1) is 5.92 Å². The number of hydrogen-bond acceptors (Lipinski definition) is 5. The molecule has 0 bridgehead atoms. The highest BCUT2D eigenvalue weighted by Crippen LogP contribution is 2.15. The highest BCUT2D eigenvalue weighted by atomic mass is 16.2. The molecule has 0 aliphatic carbocycles. The van der Waals surface area contributed by atoms with Gasteiger partial charge < -0.3 is 10.6 Å². The zero-order chi connectivity index (χ0) is 26.9. The smallest absolute Gasteiger partial charge is 0.352 e. The van der Waals surface area contributed by atoms with Gasteiger partial charge in [-0.15, -0.1) is 5.10 Å². The lowest BCUT2D eigenvalue weighted by molar-refractivity contribution is -0.123. The number of aromatic nitrogens is 4. The molecule has 0 spiro atoms. The van der Waals surface area contributed by atoms with E-state index in [0.29, 0.717) is 12.1 Å². The molecule has 2 aromatic heterocycles. The Labute approximate surface area is 213 Å². The van der Waals surface area contributed by atoms with Crippen molar-refractivity contribution < 1.29 is 9.59 Å². The lowest BCUT2D eigenvalue weighted by atomic mass is 10.1. The fourth-order valence-corrected chi connectivity index (χ4v) is 4.06. The number of nitrogens with one attached hydrogen (secondary N) is 2. The predicted octanol–water partition coefficient (Wildman–Crippen LogP) is 2.16. The predicted molar refractivity (Wildman–Crippen MR) is 142 cm³/mol. The van der Waals surface area contributed by atoms with Crippen molar-refractivity contribution in [2.45, 2.75) is 53.2 Å². The van der Waals surface area contributed by atoms with Gasteiger partial charge in [0.1, 0.15) is 6.54 Å². The zero-order valence-electron chi connectivity index (χ0n) is 21.7. The Morgan fingerprint density at radius 3 is 2.38 bits per heavy atom. The standard InChI is InChI=1S/C27H32N6O4/c1-17(2)14-28-23(35)19-11-12-20-21(13-19)33-25(31(24(20)36)15-18-9-7-6-8-10-18)30-32(26(33)37)16-22(34)29-27(3,4)5/h6-13,17H,14-16H2,1-5H3,(H,28,35)(H,29,34). The second-order valence-electron chi connectivity index (χ2n) is 10.6.